The number of nitrogens with zero attached hydrogens (tertiary/aromatic N) is 3. The summed E-state index contributed by atoms with van der Waals surface area (Å²) in [6.45, 7) is 2.25. The molecule has 1 heterocycles. The summed E-state index contributed by atoms with van der Waals surface area (Å²) in [4.78, 5) is 3.87. The molecule has 0 radical (unpaired) electrons. The van der Waals surface area contributed by atoms with Gasteiger partial charge in [0.05, 0.1) is 6.04 Å². The largest absolute Gasteiger partial charge is 0.367 e. The van der Waals surface area contributed by atoms with Crippen molar-refractivity contribution in [3.05, 3.63) is 6.33 Å². The third-order valence-corrected chi connectivity index (χ3v) is 2.25. The minimum Gasteiger partial charge on any atom is -0.367 e. The van der Waals surface area contributed by atoms with Crippen LogP contribution in [0.25, 0.3) is 0 Å². The van der Waals surface area contributed by atoms with Crippen molar-refractivity contribution in [1.29, 1.82) is 0 Å². The first kappa shape index (κ1) is 6.64. The van der Waals surface area contributed by atoms with E-state index in [-0.39, 0.29) is 0 Å². The molecule has 0 saturated heterocycles. The average Bonchev–Trinajstić information content (AvgIpc) is 2.29. The van der Waals surface area contributed by atoms with E-state index in [1.165, 1.54) is 12.8 Å². The van der Waals surface area contributed by atoms with Crippen LogP contribution in [0.3, 0.4) is 0 Å². The van der Waals surface area contributed by atoms with E-state index in [9.17, 15) is 0 Å². The van der Waals surface area contributed by atoms with Gasteiger partial charge >= 0.3 is 0 Å². The maximum atomic E-state index is 5.39. The Hall–Kier alpha value is -1.06. The van der Waals surface area contributed by atoms with Gasteiger partial charge < -0.3 is 5.73 Å². The van der Waals surface area contributed by atoms with Gasteiger partial charge in [0.25, 0.3) is 0 Å². The summed E-state index contributed by atoms with van der Waals surface area (Å²) in [5.41, 5.74) is 5.39. The molecule has 0 spiro atoms. The van der Waals surface area contributed by atoms with Crippen LogP contribution in [0, 0.1) is 5.92 Å². The van der Waals surface area contributed by atoms with E-state index < -0.39 is 0 Å². The Kier molecular flexibility index (Phi) is 1.34. The maximum absolute atomic E-state index is 5.39. The van der Waals surface area contributed by atoms with E-state index in [1.54, 1.807) is 6.33 Å². The number of hydrogen-bond donors (Lipinski definition) is 1. The molecule has 2 N–H and O–H groups in total. The summed E-state index contributed by atoms with van der Waals surface area (Å²) in [6.07, 6.45) is 4.14. The Bertz CT molecular complexity index is 249. The van der Waals surface area contributed by atoms with Gasteiger partial charge in [-0.1, -0.05) is 6.92 Å². The van der Waals surface area contributed by atoms with Gasteiger partial charge in [-0.15, -0.1) is 5.10 Å². The Balaban J connectivity index is 2.07. The molecular formula is C7H12N4. The van der Waals surface area contributed by atoms with Crippen LogP contribution < -0.4 is 5.73 Å². The van der Waals surface area contributed by atoms with Crippen molar-refractivity contribution in [3.63, 3.8) is 0 Å². The summed E-state index contributed by atoms with van der Waals surface area (Å²) in [6, 6.07) is 0.551. The van der Waals surface area contributed by atoms with Crippen LogP contribution in [0.5, 0.6) is 0 Å². The molecule has 11 heavy (non-hydrogen) atoms. The molecule has 4 heteroatoms. The molecule has 1 aromatic heterocycles. The van der Waals surface area contributed by atoms with Crippen LogP contribution in [0.1, 0.15) is 25.8 Å². The van der Waals surface area contributed by atoms with E-state index >= 15 is 0 Å². The van der Waals surface area contributed by atoms with Crippen LogP contribution >= 0.6 is 0 Å². The molecule has 0 bridgehead atoms. The SMILES string of the molecule is CC1CC(n2cnc(N)n2)C1. The fourth-order valence-electron chi connectivity index (χ4n) is 1.54. The van der Waals surface area contributed by atoms with Crippen molar-refractivity contribution in [2.24, 2.45) is 5.92 Å². The molecule has 0 unspecified atom stereocenters. The van der Waals surface area contributed by atoms with E-state index in [1.807, 2.05) is 4.68 Å². The Morgan fingerprint density at radius 2 is 2.36 bits per heavy atom. The highest BCUT2D eigenvalue weighted by Gasteiger charge is 2.27. The molecule has 0 amide bonds. The number of rotatable bonds is 1. The molecule has 1 fully saturated rings. The van der Waals surface area contributed by atoms with Gasteiger partial charge in [0.15, 0.2) is 0 Å². The molecule has 1 aromatic rings. The van der Waals surface area contributed by atoms with E-state index in [4.69, 9.17) is 5.73 Å². The van der Waals surface area contributed by atoms with Crippen LogP contribution in [0.15, 0.2) is 6.33 Å². The van der Waals surface area contributed by atoms with Crippen molar-refractivity contribution in [1.82, 2.24) is 14.8 Å². The Morgan fingerprint density at radius 1 is 1.64 bits per heavy atom. The summed E-state index contributed by atoms with van der Waals surface area (Å²) in [7, 11) is 0. The van der Waals surface area contributed by atoms with Gasteiger partial charge in [-0.2, -0.15) is 0 Å². The zero-order valence-corrected chi connectivity index (χ0v) is 6.57. The molecule has 60 valence electrons. The molecule has 1 saturated carbocycles. The lowest BCUT2D eigenvalue weighted by Gasteiger charge is -2.32. The fourth-order valence-corrected chi connectivity index (χ4v) is 1.54. The lowest BCUT2D eigenvalue weighted by molar-refractivity contribution is 0.200. The number of anilines is 1. The average molecular weight is 152 g/mol. The summed E-state index contributed by atoms with van der Waals surface area (Å²) < 4.78 is 1.87. The van der Waals surface area contributed by atoms with Crippen molar-refractivity contribution >= 4 is 5.95 Å². The highest BCUT2D eigenvalue weighted by atomic mass is 15.4. The van der Waals surface area contributed by atoms with Crippen LogP contribution in [0.4, 0.5) is 5.95 Å². The molecule has 1 aliphatic rings. The van der Waals surface area contributed by atoms with Crippen molar-refractivity contribution < 1.29 is 0 Å². The number of nitrogens with two attached hydrogens (primary N) is 1. The highest BCUT2D eigenvalue weighted by Crippen LogP contribution is 2.36. The monoisotopic (exact) mass is 152 g/mol. The first-order valence-corrected chi connectivity index (χ1v) is 3.92. The predicted molar refractivity (Wildman–Crippen MR) is 41.9 cm³/mol. The van der Waals surface area contributed by atoms with Gasteiger partial charge in [0.2, 0.25) is 5.95 Å². The zero-order chi connectivity index (χ0) is 7.84. The topological polar surface area (TPSA) is 56.7 Å². The molecular weight excluding hydrogens is 140 g/mol. The Labute approximate surface area is 65.4 Å². The predicted octanol–water partition coefficient (Wildman–Crippen LogP) is 0.831. The van der Waals surface area contributed by atoms with E-state index in [0.29, 0.717) is 12.0 Å². The minimum absolute atomic E-state index is 0.379. The first-order chi connectivity index (χ1) is 5.25. The molecule has 0 aromatic carbocycles. The summed E-state index contributed by atoms with van der Waals surface area (Å²) in [5, 5.41) is 4.05. The number of hydrogen-bond acceptors (Lipinski definition) is 3. The minimum atomic E-state index is 0.379. The van der Waals surface area contributed by atoms with Gasteiger partial charge in [-0.05, 0) is 18.8 Å². The standard InChI is InChI=1S/C7H12N4/c1-5-2-6(3-5)11-4-9-7(8)10-11/h4-6H,2-3H2,1H3,(H2,8,10). The number of nitrogen functional groups attached to an aromatic ring is 1. The van der Waals surface area contributed by atoms with Crippen molar-refractivity contribution in [2.75, 3.05) is 5.73 Å². The lowest BCUT2D eigenvalue weighted by Crippen LogP contribution is -2.25. The molecule has 0 atom stereocenters. The van der Waals surface area contributed by atoms with Crippen molar-refractivity contribution in [2.45, 2.75) is 25.8 Å². The third kappa shape index (κ3) is 1.08. The van der Waals surface area contributed by atoms with Crippen LogP contribution in [-0.2, 0) is 0 Å². The quantitative estimate of drug-likeness (QED) is 0.648. The molecule has 1 aliphatic carbocycles. The van der Waals surface area contributed by atoms with Crippen LogP contribution in [-0.4, -0.2) is 14.8 Å². The zero-order valence-electron chi connectivity index (χ0n) is 6.57. The van der Waals surface area contributed by atoms with Gasteiger partial charge in [-0.25, -0.2) is 9.67 Å². The fraction of sp³-hybridized carbons (Fsp3) is 0.714. The van der Waals surface area contributed by atoms with E-state index in [0.717, 1.165) is 5.92 Å². The van der Waals surface area contributed by atoms with Crippen LogP contribution in [0.2, 0.25) is 0 Å². The normalized spacial score (nSPS) is 29.9. The molecule has 0 aliphatic heterocycles. The first-order valence-electron chi connectivity index (χ1n) is 3.92. The lowest BCUT2D eigenvalue weighted by atomic mass is 9.82. The number of aromatic nitrogens is 3. The second kappa shape index (κ2) is 2.22. The second-order valence-electron chi connectivity index (χ2n) is 3.31. The van der Waals surface area contributed by atoms with Crippen molar-refractivity contribution in [3.8, 4) is 0 Å². The summed E-state index contributed by atoms with van der Waals surface area (Å²) in [5.74, 6) is 1.22. The molecule has 2 rings (SSSR count). The third-order valence-electron chi connectivity index (χ3n) is 2.25. The summed E-state index contributed by atoms with van der Waals surface area (Å²) >= 11 is 0. The maximum Gasteiger partial charge on any atom is 0.239 e. The van der Waals surface area contributed by atoms with Gasteiger partial charge in [0.1, 0.15) is 6.33 Å². The molecule has 4 nitrogen and oxygen atoms in total. The smallest absolute Gasteiger partial charge is 0.239 e. The second-order valence-corrected chi connectivity index (χ2v) is 3.31. The van der Waals surface area contributed by atoms with E-state index in [2.05, 4.69) is 17.0 Å². The van der Waals surface area contributed by atoms with Gasteiger partial charge in [0, 0.05) is 0 Å². The Morgan fingerprint density at radius 3 is 2.82 bits per heavy atom. The highest BCUT2D eigenvalue weighted by molar-refractivity contribution is 5.09. The van der Waals surface area contributed by atoms with Gasteiger partial charge in [-0.3, -0.25) is 0 Å².